The molecule has 0 bridgehead atoms. The van der Waals surface area contributed by atoms with Gasteiger partial charge in [-0.2, -0.15) is 5.10 Å². The number of phenolic OH excluding ortho intramolecular Hbond substituents is 1. The van der Waals surface area contributed by atoms with Gasteiger partial charge in [0.05, 0.1) is 12.8 Å². The van der Waals surface area contributed by atoms with E-state index in [0.29, 0.717) is 11.3 Å². The Labute approximate surface area is 121 Å². The van der Waals surface area contributed by atoms with E-state index in [-0.39, 0.29) is 11.4 Å². The van der Waals surface area contributed by atoms with Gasteiger partial charge in [-0.05, 0) is 37.8 Å². The average molecular weight is 288 g/mol. The fourth-order valence-corrected chi connectivity index (χ4v) is 2.83. The molecule has 6 heteroatoms. The second-order valence-corrected chi connectivity index (χ2v) is 5.11. The number of aromatic carboxylic acids is 1. The molecule has 0 spiro atoms. The highest BCUT2D eigenvalue weighted by Gasteiger charge is 2.23. The van der Waals surface area contributed by atoms with Crippen LogP contribution in [0.1, 0.15) is 34.5 Å². The number of hydrogen-bond donors (Lipinski definition) is 3. The van der Waals surface area contributed by atoms with E-state index in [1.54, 1.807) is 13.2 Å². The molecule has 110 valence electrons. The largest absolute Gasteiger partial charge is 0.507 e. The number of ether oxygens (including phenoxy) is 1. The zero-order valence-corrected chi connectivity index (χ0v) is 11.6. The van der Waals surface area contributed by atoms with Crippen LogP contribution >= 0.6 is 0 Å². The van der Waals surface area contributed by atoms with Gasteiger partial charge in [-0.25, -0.2) is 4.79 Å². The van der Waals surface area contributed by atoms with Crippen molar-refractivity contribution in [2.45, 2.75) is 25.7 Å². The summed E-state index contributed by atoms with van der Waals surface area (Å²) in [7, 11) is 1.60. The number of methoxy groups -OCH3 is 1. The van der Waals surface area contributed by atoms with E-state index in [1.165, 1.54) is 6.07 Å². The maximum atomic E-state index is 10.9. The number of fused-ring (bicyclic) bond motifs is 1. The van der Waals surface area contributed by atoms with Crippen LogP contribution < -0.4 is 4.74 Å². The van der Waals surface area contributed by atoms with Crippen molar-refractivity contribution in [3.63, 3.8) is 0 Å². The summed E-state index contributed by atoms with van der Waals surface area (Å²) >= 11 is 0. The third-order valence-electron chi connectivity index (χ3n) is 3.89. The first-order valence-electron chi connectivity index (χ1n) is 6.82. The number of aromatic hydroxyl groups is 1. The highest BCUT2D eigenvalue weighted by Crippen LogP contribution is 2.42. The average Bonchev–Trinajstić information content (AvgIpc) is 2.98. The zero-order valence-electron chi connectivity index (χ0n) is 11.6. The molecule has 2 aromatic rings. The number of rotatable bonds is 3. The number of H-pyrrole nitrogens is 1. The number of benzene rings is 1. The predicted octanol–water partition coefficient (Wildman–Crippen LogP) is 2.37. The van der Waals surface area contributed by atoms with Crippen molar-refractivity contribution in [1.82, 2.24) is 10.2 Å². The number of nitrogens with zero attached hydrogens (tertiary/aromatic N) is 1. The molecule has 1 aliphatic rings. The fraction of sp³-hybridized carbons (Fsp3) is 0.333. The van der Waals surface area contributed by atoms with Crippen LogP contribution in [0.5, 0.6) is 11.5 Å². The molecule has 0 saturated heterocycles. The molecule has 0 amide bonds. The van der Waals surface area contributed by atoms with Gasteiger partial charge in [0, 0.05) is 16.7 Å². The van der Waals surface area contributed by atoms with Crippen LogP contribution in [0.2, 0.25) is 0 Å². The van der Waals surface area contributed by atoms with E-state index < -0.39 is 5.97 Å². The molecule has 0 saturated carbocycles. The molecule has 1 heterocycles. The molecule has 6 nitrogen and oxygen atoms in total. The van der Waals surface area contributed by atoms with Crippen molar-refractivity contribution in [2.75, 3.05) is 7.11 Å². The Kier molecular flexibility index (Phi) is 3.29. The van der Waals surface area contributed by atoms with Gasteiger partial charge in [-0.3, -0.25) is 5.10 Å². The van der Waals surface area contributed by atoms with Gasteiger partial charge < -0.3 is 14.9 Å². The number of carboxylic acid groups (broad SMARTS) is 1. The normalized spacial score (nSPS) is 13.8. The van der Waals surface area contributed by atoms with Gasteiger partial charge in [-0.15, -0.1) is 0 Å². The quantitative estimate of drug-likeness (QED) is 0.806. The van der Waals surface area contributed by atoms with Crippen LogP contribution in [0.15, 0.2) is 12.1 Å². The minimum absolute atomic E-state index is 0.0129. The number of aromatic nitrogens is 2. The Hall–Kier alpha value is -2.50. The summed E-state index contributed by atoms with van der Waals surface area (Å²) in [6.07, 6.45) is 3.77. The van der Waals surface area contributed by atoms with E-state index in [2.05, 4.69) is 10.2 Å². The molecule has 0 unspecified atom stereocenters. The molecule has 3 rings (SSSR count). The predicted molar refractivity (Wildman–Crippen MR) is 75.8 cm³/mol. The molecule has 1 aromatic heterocycles. The van der Waals surface area contributed by atoms with Gasteiger partial charge in [-0.1, -0.05) is 0 Å². The van der Waals surface area contributed by atoms with Crippen molar-refractivity contribution in [3.05, 3.63) is 29.0 Å². The highest BCUT2D eigenvalue weighted by molar-refractivity contribution is 5.87. The van der Waals surface area contributed by atoms with E-state index in [1.807, 2.05) is 0 Å². The van der Waals surface area contributed by atoms with Gasteiger partial charge in [0.1, 0.15) is 17.2 Å². The standard InChI is InChI=1S/C15H16N2O4/c1-21-13-6-10(11-7-12(15(19)20)17-16-11)14(18)9-5-3-2-4-8(9)13/h6-7,18H,2-5H2,1H3,(H,16,17)(H,19,20). The van der Waals surface area contributed by atoms with Gasteiger partial charge in [0.2, 0.25) is 0 Å². The van der Waals surface area contributed by atoms with Crippen LogP contribution in [0.25, 0.3) is 11.3 Å². The number of carboxylic acids is 1. The Morgan fingerprint density at radius 2 is 2.00 bits per heavy atom. The number of hydrogen-bond acceptors (Lipinski definition) is 4. The summed E-state index contributed by atoms with van der Waals surface area (Å²) in [5.74, 6) is -0.190. The van der Waals surface area contributed by atoms with Crippen molar-refractivity contribution < 1.29 is 19.7 Å². The molecule has 0 fully saturated rings. The lowest BCUT2D eigenvalue weighted by atomic mass is 9.88. The zero-order chi connectivity index (χ0) is 15.0. The third-order valence-corrected chi connectivity index (χ3v) is 3.89. The Morgan fingerprint density at radius 3 is 2.62 bits per heavy atom. The van der Waals surface area contributed by atoms with Crippen molar-refractivity contribution in [2.24, 2.45) is 0 Å². The first-order chi connectivity index (χ1) is 10.1. The Bertz CT molecular complexity index is 706. The lowest BCUT2D eigenvalue weighted by molar-refractivity contribution is 0.0690. The van der Waals surface area contributed by atoms with Gasteiger partial charge >= 0.3 is 5.97 Å². The molecule has 0 aliphatic heterocycles. The van der Waals surface area contributed by atoms with Gasteiger partial charge in [0.25, 0.3) is 0 Å². The number of aromatic amines is 1. The summed E-state index contributed by atoms with van der Waals surface area (Å²) in [4.78, 5) is 10.9. The SMILES string of the molecule is COc1cc(-c2cc(C(=O)O)[nH]n2)c(O)c2c1CCCC2. The molecular weight excluding hydrogens is 272 g/mol. The summed E-state index contributed by atoms with van der Waals surface area (Å²) in [5, 5.41) is 25.9. The summed E-state index contributed by atoms with van der Waals surface area (Å²) in [5.41, 5.74) is 2.81. The van der Waals surface area contributed by atoms with Crippen LogP contribution in [0.3, 0.4) is 0 Å². The topological polar surface area (TPSA) is 95.4 Å². The van der Waals surface area contributed by atoms with E-state index in [4.69, 9.17) is 9.84 Å². The first kappa shape index (κ1) is 13.5. The summed E-state index contributed by atoms with van der Waals surface area (Å²) < 4.78 is 5.42. The third kappa shape index (κ3) is 2.22. The maximum absolute atomic E-state index is 10.9. The van der Waals surface area contributed by atoms with E-state index in [9.17, 15) is 9.90 Å². The number of nitrogens with one attached hydrogen (secondary N) is 1. The first-order valence-corrected chi connectivity index (χ1v) is 6.82. The molecule has 0 atom stereocenters. The highest BCUT2D eigenvalue weighted by atomic mass is 16.5. The molecular formula is C15H16N2O4. The second-order valence-electron chi connectivity index (χ2n) is 5.11. The van der Waals surface area contributed by atoms with Crippen molar-refractivity contribution in [1.29, 1.82) is 0 Å². The lowest BCUT2D eigenvalue weighted by Crippen LogP contribution is -2.06. The Balaban J connectivity index is 2.15. The number of phenols is 1. The monoisotopic (exact) mass is 288 g/mol. The van der Waals surface area contributed by atoms with Crippen LogP contribution in [0, 0.1) is 0 Å². The van der Waals surface area contributed by atoms with Crippen molar-refractivity contribution in [3.8, 4) is 22.8 Å². The maximum Gasteiger partial charge on any atom is 0.353 e. The second kappa shape index (κ2) is 5.12. The molecule has 1 aliphatic carbocycles. The fourth-order valence-electron chi connectivity index (χ4n) is 2.83. The van der Waals surface area contributed by atoms with Gasteiger partial charge in [0.15, 0.2) is 0 Å². The van der Waals surface area contributed by atoms with E-state index in [0.717, 1.165) is 42.6 Å². The summed E-state index contributed by atoms with van der Waals surface area (Å²) in [6, 6.07) is 3.13. The van der Waals surface area contributed by atoms with Crippen LogP contribution in [-0.2, 0) is 12.8 Å². The Morgan fingerprint density at radius 1 is 1.29 bits per heavy atom. The van der Waals surface area contributed by atoms with Crippen LogP contribution in [0.4, 0.5) is 0 Å². The minimum atomic E-state index is -1.09. The van der Waals surface area contributed by atoms with Crippen molar-refractivity contribution >= 4 is 5.97 Å². The molecule has 21 heavy (non-hydrogen) atoms. The molecule has 1 aromatic carbocycles. The summed E-state index contributed by atoms with van der Waals surface area (Å²) in [6.45, 7) is 0. The lowest BCUT2D eigenvalue weighted by Gasteiger charge is -2.21. The van der Waals surface area contributed by atoms with Crippen LogP contribution in [-0.4, -0.2) is 33.5 Å². The number of carbonyl (C=O) groups is 1. The molecule has 3 N–H and O–H groups in total. The van der Waals surface area contributed by atoms with E-state index >= 15 is 0 Å². The minimum Gasteiger partial charge on any atom is -0.507 e. The molecule has 0 radical (unpaired) electrons. The smallest absolute Gasteiger partial charge is 0.353 e.